The second kappa shape index (κ2) is 36.6. The van der Waals surface area contributed by atoms with Crippen molar-refractivity contribution < 1.29 is 81.0 Å². The smallest absolute Gasteiger partial charge is 0.273 e. The van der Waals surface area contributed by atoms with Gasteiger partial charge in [0.1, 0.15) is 12.4 Å². The molecule has 25 heteroatoms. The summed E-state index contributed by atoms with van der Waals surface area (Å²) < 4.78 is 54.8. The molecule has 0 aromatic carbocycles. The Morgan fingerprint density at radius 2 is 1.12 bits per heavy atom. The maximum atomic E-state index is 13.2. The predicted octanol–water partition coefficient (Wildman–Crippen LogP) is -0.557. The van der Waals surface area contributed by atoms with Gasteiger partial charge in [0.15, 0.2) is 0 Å². The van der Waals surface area contributed by atoms with E-state index >= 15 is 0 Å². The van der Waals surface area contributed by atoms with Gasteiger partial charge in [-0.25, -0.2) is 10.1 Å². The molecule has 4 rings (SSSR count). The van der Waals surface area contributed by atoms with Crippen molar-refractivity contribution in [3.8, 4) is 0 Å². The van der Waals surface area contributed by atoms with E-state index in [1.807, 2.05) is 13.8 Å². The molecule has 1 fully saturated rings. The summed E-state index contributed by atoms with van der Waals surface area (Å²) in [6.45, 7) is 13.4. The number of imide groups is 1. The van der Waals surface area contributed by atoms with Crippen LogP contribution in [0.4, 0.5) is 5.69 Å². The normalized spacial score (nSPS) is 14.4. The van der Waals surface area contributed by atoms with E-state index in [4.69, 9.17) is 57.9 Å². The van der Waals surface area contributed by atoms with Gasteiger partial charge in [-0.2, -0.15) is 0 Å². The molecule has 3 aliphatic heterocycles. The molecule has 0 bridgehead atoms. The highest BCUT2D eigenvalue weighted by Crippen LogP contribution is 2.28. The highest BCUT2D eigenvalue weighted by Gasteiger charge is 2.36. The van der Waals surface area contributed by atoms with Gasteiger partial charge in [-0.1, -0.05) is 6.92 Å². The summed E-state index contributed by atoms with van der Waals surface area (Å²) in [6.07, 6.45) is 6.17. The van der Waals surface area contributed by atoms with Crippen LogP contribution in [0.5, 0.6) is 0 Å². The Bertz CT molecular complexity index is 1930. The number of aliphatic imine (C=N–C) groups is 1. The van der Waals surface area contributed by atoms with Crippen LogP contribution in [0, 0.1) is 5.92 Å². The fraction of sp³-hybridized carbons (Fsp3) is 0.667. The van der Waals surface area contributed by atoms with Crippen LogP contribution in [0.3, 0.4) is 0 Å². The summed E-state index contributed by atoms with van der Waals surface area (Å²) in [5.74, 6) is -2.28. The number of nitrogens with zero attached hydrogens (tertiary/aromatic N) is 5. The minimum atomic E-state index is -0.501. The zero-order chi connectivity index (χ0) is 52.3. The molecule has 6 amide bonds. The lowest BCUT2D eigenvalue weighted by Crippen LogP contribution is -2.56. The number of nitrogens with one attached hydrogen (secondary N) is 2. The van der Waals surface area contributed by atoms with Crippen molar-refractivity contribution in [3.63, 3.8) is 0 Å². The maximum absolute atomic E-state index is 13.2. The topological polar surface area (TPSA) is 289 Å². The van der Waals surface area contributed by atoms with Gasteiger partial charge in [-0.3, -0.25) is 43.5 Å². The Hall–Kier alpha value is -5.32. The van der Waals surface area contributed by atoms with Gasteiger partial charge in [0.2, 0.25) is 11.8 Å². The molecule has 3 aliphatic rings. The highest BCUT2D eigenvalue weighted by atomic mass is 16.7. The summed E-state index contributed by atoms with van der Waals surface area (Å²) in [4.78, 5) is 90.5. The van der Waals surface area contributed by atoms with Crippen LogP contribution in [-0.2, 0) is 76.2 Å². The largest absolute Gasteiger partial charge is 0.387 e. The Balaban J connectivity index is 0.832. The molecule has 0 spiro atoms. The quantitative estimate of drug-likeness (QED) is 0.0420. The number of hydroxylamine groups is 2. The first-order valence-electron chi connectivity index (χ1n) is 24.7. The lowest BCUT2D eigenvalue weighted by Gasteiger charge is -2.38. The number of carbonyl (C=O) groups excluding carboxylic acids is 6. The number of hydrogen-bond donors (Lipinski definition) is 3. The van der Waals surface area contributed by atoms with Crippen molar-refractivity contribution in [3.05, 3.63) is 41.2 Å². The van der Waals surface area contributed by atoms with Crippen molar-refractivity contribution in [1.29, 1.82) is 0 Å². The summed E-state index contributed by atoms with van der Waals surface area (Å²) in [7, 11) is 0. The summed E-state index contributed by atoms with van der Waals surface area (Å²) in [5, 5.41) is 6.76. The number of carbonyl (C=O) groups is 6. The van der Waals surface area contributed by atoms with Gasteiger partial charge >= 0.3 is 0 Å². The first kappa shape index (κ1) is 60.2. The van der Waals surface area contributed by atoms with Gasteiger partial charge in [-0.05, 0) is 25.5 Å². The second-order valence-corrected chi connectivity index (χ2v) is 16.2. The fourth-order valence-electron chi connectivity index (χ4n) is 6.78. The Morgan fingerprint density at radius 1 is 0.671 bits per heavy atom. The average Bonchev–Trinajstić information content (AvgIpc) is 3.56. The zero-order valence-corrected chi connectivity index (χ0v) is 42.2. The van der Waals surface area contributed by atoms with E-state index in [-0.39, 0.29) is 68.7 Å². The molecule has 408 valence electrons. The molecule has 1 aromatic heterocycles. The molecule has 0 atom stereocenters. The van der Waals surface area contributed by atoms with Crippen LogP contribution in [0.25, 0.3) is 6.08 Å². The van der Waals surface area contributed by atoms with E-state index in [1.165, 1.54) is 11.3 Å². The van der Waals surface area contributed by atoms with Crippen LogP contribution in [-0.4, -0.2) is 239 Å². The van der Waals surface area contributed by atoms with E-state index in [0.29, 0.717) is 168 Å². The van der Waals surface area contributed by atoms with Crippen LogP contribution >= 0.6 is 0 Å². The molecular weight excluding hydrogens is 961 g/mol. The number of aromatic nitrogens is 1. The van der Waals surface area contributed by atoms with Crippen LogP contribution < -0.4 is 16.4 Å². The molecule has 25 nitrogen and oxygen atoms in total. The summed E-state index contributed by atoms with van der Waals surface area (Å²) in [6, 6.07) is 1.60. The molecular formula is C48H74N8O17. The summed E-state index contributed by atoms with van der Waals surface area (Å²) in [5.41, 5.74) is 7.66. The molecule has 0 aliphatic carbocycles. The number of pyridine rings is 1. The molecule has 73 heavy (non-hydrogen) atoms. The van der Waals surface area contributed by atoms with E-state index in [1.54, 1.807) is 17.0 Å². The number of nitrogens with two attached hydrogens (primary N) is 1. The predicted molar refractivity (Wildman–Crippen MR) is 261 cm³/mol. The van der Waals surface area contributed by atoms with Gasteiger partial charge in [0.05, 0.1) is 162 Å². The first-order valence-corrected chi connectivity index (χ1v) is 24.7. The molecule has 1 aromatic rings. The molecule has 0 unspecified atom stereocenters. The van der Waals surface area contributed by atoms with Crippen molar-refractivity contribution in [1.82, 2.24) is 30.5 Å². The lowest BCUT2D eigenvalue weighted by molar-refractivity contribution is -0.180. The molecule has 4 N–H and O–H groups in total. The third-order valence-corrected chi connectivity index (χ3v) is 10.5. The van der Waals surface area contributed by atoms with Crippen LogP contribution in [0.15, 0.2) is 35.0 Å². The zero-order valence-electron chi connectivity index (χ0n) is 42.2. The van der Waals surface area contributed by atoms with E-state index in [2.05, 4.69) is 20.6 Å². The number of amidine groups is 1. The maximum Gasteiger partial charge on any atom is 0.273 e. The summed E-state index contributed by atoms with van der Waals surface area (Å²) >= 11 is 0. The van der Waals surface area contributed by atoms with Crippen molar-refractivity contribution >= 4 is 53.0 Å². The van der Waals surface area contributed by atoms with E-state index in [0.717, 1.165) is 23.5 Å². The van der Waals surface area contributed by atoms with Crippen LogP contribution in [0.1, 0.15) is 42.7 Å². The van der Waals surface area contributed by atoms with E-state index < -0.39 is 17.7 Å². The van der Waals surface area contributed by atoms with Gasteiger partial charge in [0.25, 0.3) is 23.6 Å². The van der Waals surface area contributed by atoms with Crippen LogP contribution in [0.2, 0.25) is 0 Å². The Labute approximate surface area is 426 Å². The van der Waals surface area contributed by atoms with Gasteiger partial charge in [-0.15, -0.1) is 0 Å². The minimum Gasteiger partial charge on any atom is -0.387 e. The number of hydrogen-bond acceptors (Lipinski definition) is 20. The van der Waals surface area contributed by atoms with Crippen molar-refractivity contribution in [2.75, 3.05) is 178 Å². The van der Waals surface area contributed by atoms with Gasteiger partial charge < -0.3 is 68.6 Å². The SMILES string of the molecule is CCCN(OCC)C(=O)C1=Cc2ncc(C(=O)N3CC(C(=O)NCCOCCOCCOCCOCCOCCOCCOCCOCCOCCOCCNC(=O)CN4C(=O)C=CC4=O)C3)cc2N=C(N)C1. The van der Waals surface area contributed by atoms with Gasteiger partial charge in [0, 0.05) is 63.1 Å². The number of fused-ring (bicyclic) bond motifs is 1. The lowest BCUT2D eigenvalue weighted by atomic mass is 9.98. The molecule has 4 heterocycles. The number of ether oxygens (including phenoxy) is 10. The molecule has 0 radical (unpaired) electrons. The molecule has 0 saturated carbocycles. The first-order chi connectivity index (χ1) is 35.6. The third kappa shape index (κ3) is 24.1. The fourth-order valence-corrected chi connectivity index (χ4v) is 6.78. The number of rotatable bonds is 42. The molecule has 1 saturated heterocycles. The van der Waals surface area contributed by atoms with E-state index in [9.17, 15) is 28.8 Å². The highest BCUT2D eigenvalue weighted by molar-refractivity contribution is 6.14. The minimum absolute atomic E-state index is 0.119. The number of likely N-dealkylation sites (tertiary alicyclic amines) is 1. The standard InChI is InChI=1S/C48H74N8O17/c1-3-9-56(73-4-2)48(62)37-30-40-41(53-42(49)32-37)31-38(33-52-40)47(61)54-34-39(35-54)46(60)51-8-11-64-13-15-66-17-19-68-21-23-70-25-27-72-29-28-71-26-24-69-22-20-67-18-16-65-14-12-63-10-7-50-43(57)36-55-44(58)5-6-45(55)59/h5-6,30-31,33,39H,3-4,7-29,32,34-36H2,1-2H3,(H2,49,53)(H,50,57)(H,51,60). The monoisotopic (exact) mass is 1030 g/mol. The second-order valence-electron chi connectivity index (χ2n) is 16.2. The number of amides is 6. The Morgan fingerprint density at radius 3 is 1.58 bits per heavy atom. The third-order valence-electron chi connectivity index (χ3n) is 10.5. The van der Waals surface area contributed by atoms with Crippen molar-refractivity contribution in [2.45, 2.75) is 26.7 Å². The average molecular weight is 1040 g/mol. The Kier molecular flexibility index (Phi) is 30.2. The van der Waals surface area contributed by atoms with Crippen molar-refractivity contribution in [2.24, 2.45) is 16.6 Å².